The predicted molar refractivity (Wildman–Crippen MR) is 153 cm³/mol. The van der Waals surface area contributed by atoms with Crippen molar-refractivity contribution < 1.29 is 29.5 Å². The second-order valence-corrected chi connectivity index (χ2v) is 13.6. The van der Waals surface area contributed by atoms with E-state index in [2.05, 4.69) is 5.32 Å². The zero-order valence-corrected chi connectivity index (χ0v) is 24.8. The minimum absolute atomic E-state index is 0.0624. The third-order valence-corrected chi connectivity index (χ3v) is 7.55. The van der Waals surface area contributed by atoms with Crippen molar-refractivity contribution in [3.8, 4) is 11.5 Å². The molecule has 0 spiro atoms. The van der Waals surface area contributed by atoms with E-state index in [0.29, 0.717) is 22.6 Å². The van der Waals surface area contributed by atoms with Gasteiger partial charge in [-0.25, -0.2) is 4.79 Å². The van der Waals surface area contributed by atoms with Crippen molar-refractivity contribution in [3.63, 3.8) is 0 Å². The number of amides is 2. The first-order chi connectivity index (χ1) is 18.2. The van der Waals surface area contributed by atoms with E-state index >= 15 is 0 Å². The highest BCUT2D eigenvalue weighted by Crippen LogP contribution is 2.47. The number of phenolic OH excluding ortho intramolecular Hbond substituents is 1. The molecule has 1 aliphatic rings. The van der Waals surface area contributed by atoms with Crippen molar-refractivity contribution in [2.24, 2.45) is 5.41 Å². The van der Waals surface area contributed by atoms with Crippen LogP contribution in [0.3, 0.4) is 0 Å². The number of carbonyl (C=O) groups excluding carboxylic acids is 1. The van der Waals surface area contributed by atoms with E-state index in [9.17, 15) is 29.9 Å². The van der Waals surface area contributed by atoms with Gasteiger partial charge in [-0.2, -0.15) is 0 Å². The Labute approximate surface area is 235 Å². The predicted octanol–water partition coefficient (Wildman–Crippen LogP) is 6.45. The fraction of sp³-hybridized carbons (Fsp3) is 0.533. The lowest BCUT2D eigenvalue weighted by Crippen LogP contribution is -2.62. The number of hydrogen-bond acceptors (Lipinski definition) is 6. The number of aromatic hydroxyl groups is 1. The average Bonchev–Trinajstić information content (AvgIpc) is 3.20. The molecule has 0 aromatic heterocycles. The molecule has 10 nitrogen and oxygen atoms in total. The molecule has 218 valence electrons. The lowest BCUT2D eigenvalue weighted by molar-refractivity contribution is -0.384. The number of hydrogen-bond donors (Lipinski definition) is 3. The quantitative estimate of drug-likeness (QED) is 0.219. The van der Waals surface area contributed by atoms with Crippen LogP contribution in [0.4, 0.5) is 16.2 Å². The first kappa shape index (κ1) is 30.7. The van der Waals surface area contributed by atoms with Crippen molar-refractivity contribution in [2.45, 2.75) is 91.2 Å². The van der Waals surface area contributed by atoms with Crippen LogP contribution < -0.4 is 10.1 Å². The van der Waals surface area contributed by atoms with Crippen LogP contribution in [0.5, 0.6) is 11.5 Å². The molecule has 0 saturated carbocycles. The van der Waals surface area contributed by atoms with E-state index in [0.717, 1.165) is 4.90 Å². The van der Waals surface area contributed by atoms with Gasteiger partial charge in [0, 0.05) is 35.4 Å². The standard InChI is InChI=1S/C30H41N3O7/c1-27(2,3)22-14-18(15-23(24(22)34)28(4,5)6)31-25(35)30(29(7,8)9)16-21(17-32(30)26(36)37)40-20-12-10-19(11-13-20)33(38)39/h10-15,21,34H,16-17H2,1-9H3,(H,31,35)(H,36,37)/t21-,30-/m0/s1. The van der Waals surface area contributed by atoms with Crippen molar-refractivity contribution in [2.75, 3.05) is 11.9 Å². The van der Waals surface area contributed by atoms with E-state index in [4.69, 9.17) is 4.74 Å². The fourth-order valence-electron chi connectivity index (χ4n) is 5.37. The van der Waals surface area contributed by atoms with Crippen molar-refractivity contribution in [3.05, 3.63) is 57.6 Å². The van der Waals surface area contributed by atoms with E-state index in [1.807, 2.05) is 62.3 Å². The zero-order valence-electron chi connectivity index (χ0n) is 24.8. The highest BCUT2D eigenvalue weighted by atomic mass is 16.6. The Balaban J connectivity index is 2.04. The Morgan fingerprint density at radius 1 is 1.00 bits per heavy atom. The fourth-order valence-corrected chi connectivity index (χ4v) is 5.37. The van der Waals surface area contributed by atoms with Gasteiger partial charge in [0.05, 0.1) is 11.5 Å². The summed E-state index contributed by atoms with van der Waals surface area (Å²) in [5, 5.41) is 35.3. The Kier molecular flexibility index (Phi) is 7.91. The van der Waals surface area contributed by atoms with Gasteiger partial charge in [0.1, 0.15) is 23.1 Å². The van der Waals surface area contributed by atoms with Gasteiger partial charge in [-0.1, -0.05) is 62.3 Å². The van der Waals surface area contributed by atoms with Crippen LogP contribution in [0.1, 0.15) is 79.9 Å². The van der Waals surface area contributed by atoms with Crippen LogP contribution in [-0.2, 0) is 15.6 Å². The maximum absolute atomic E-state index is 14.2. The minimum Gasteiger partial charge on any atom is -0.507 e. The molecule has 2 aromatic carbocycles. The largest absolute Gasteiger partial charge is 0.507 e. The van der Waals surface area contributed by atoms with E-state index in [1.54, 1.807) is 12.1 Å². The molecule has 0 bridgehead atoms. The Hall–Kier alpha value is -3.82. The van der Waals surface area contributed by atoms with Crippen LogP contribution in [0, 0.1) is 15.5 Å². The number of likely N-dealkylation sites (tertiary alicyclic amines) is 1. The second-order valence-electron chi connectivity index (χ2n) is 13.6. The van der Waals surface area contributed by atoms with Gasteiger partial charge < -0.3 is 20.3 Å². The molecule has 1 heterocycles. The topological polar surface area (TPSA) is 142 Å². The summed E-state index contributed by atoms with van der Waals surface area (Å²) in [6.07, 6.45) is -1.85. The molecule has 0 aliphatic carbocycles. The number of carbonyl (C=O) groups is 2. The zero-order chi connectivity index (χ0) is 30.4. The van der Waals surface area contributed by atoms with Crippen LogP contribution in [0.25, 0.3) is 0 Å². The smallest absolute Gasteiger partial charge is 0.408 e. The molecule has 2 amide bonds. The Morgan fingerprint density at radius 2 is 1.50 bits per heavy atom. The molecule has 1 fully saturated rings. The first-order valence-corrected chi connectivity index (χ1v) is 13.3. The number of benzene rings is 2. The number of non-ortho nitro benzene ring substituents is 1. The monoisotopic (exact) mass is 555 g/mol. The summed E-state index contributed by atoms with van der Waals surface area (Å²) < 4.78 is 6.04. The third-order valence-electron chi connectivity index (χ3n) is 7.55. The summed E-state index contributed by atoms with van der Waals surface area (Å²) in [5.41, 5.74) is -1.46. The van der Waals surface area contributed by atoms with Crippen molar-refractivity contribution in [1.82, 2.24) is 4.90 Å². The SMILES string of the molecule is CC(C)(C)c1cc(NC(=O)[C@]2(C(C)(C)C)C[C@H](Oc3ccc([N+](=O)[O-])cc3)CN2C(=O)O)cc(C(C)(C)C)c1O. The van der Waals surface area contributed by atoms with Gasteiger partial charge in [-0.05, 0) is 40.5 Å². The molecule has 3 rings (SSSR count). The summed E-state index contributed by atoms with van der Waals surface area (Å²) >= 11 is 0. The number of nitrogens with zero attached hydrogens (tertiary/aromatic N) is 2. The molecule has 0 unspecified atom stereocenters. The van der Waals surface area contributed by atoms with Crippen LogP contribution in [-0.4, -0.2) is 50.2 Å². The van der Waals surface area contributed by atoms with Crippen LogP contribution >= 0.6 is 0 Å². The van der Waals surface area contributed by atoms with Crippen molar-refractivity contribution in [1.29, 1.82) is 0 Å². The van der Waals surface area contributed by atoms with Gasteiger partial charge in [-0.3, -0.25) is 19.8 Å². The number of anilines is 1. The minimum atomic E-state index is -1.49. The highest BCUT2D eigenvalue weighted by Gasteiger charge is 2.61. The highest BCUT2D eigenvalue weighted by molar-refractivity contribution is 6.01. The summed E-state index contributed by atoms with van der Waals surface area (Å²) in [4.78, 5) is 38.4. The molecule has 1 saturated heterocycles. The van der Waals surface area contributed by atoms with Gasteiger partial charge in [-0.15, -0.1) is 0 Å². The number of nitro benzene ring substituents is 1. The maximum atomic E-state index is 14.2. The van der Waals surface area contributed by atoms with Gasteiger partial charge in [0.25, 0.3) is 11.6 Å². The molecular weight excluding hydrogens is 514 g/mol. The van der Waals surface area contributed by atoms with Gasteiger partial charge >= 0.3 is 6.09 Å². The van der Waals surface area contributed by atoms with E-state index in [-0.39, 0.29) is 24.4 Å². The number of phenols is 1. The molecule has 3 N–H and O–H groups in total. The van der Waals surface area contributed by atoms with Crippen LogP contribution in [0.2, 0.25) is 0 Å². The molecule has 1 aliphatic heterocycles. The Bertz CT molecular complexity index is 1270. The molecule has 2 atom stereocenters. The molecular formula is C30H41N3O7. The molecule has 2 aromatic rings. The normalized spacial score (nSPS) is 19.8. The number of nitro groups is 1. The summed E-state index contributed by atoms with van der Waals surface area (Å²) in [7, 11) is 0. The van der Waals surface area contributed by atoms with Gasteiger partial charge in [0.2, 0.25) is 0 Å². The average molecular weight is 556 g/mol. The number of ether oxygens (including phenoxy) is 1. The van der Waals surface area contributed by atoms with Crippen LogP contribution in [0.15, 0.2) is 36.4 Å². The number of rotatable bonds is 5. The summed E-state index contributed by atoms with van der Waals surface area (Å²) in [6, 6.07) is 9.02. The third kappa shape index (κ3) is 5.85. The van der Waals surface area contributed by atoms with E-state index in [1.165, 1.54) is 24.3 Å². The number of nitrogens with one attached hydrogen (secondary N) is 1. The second kappa shape index (κ2) is 10.3. The van der Waals surface area contributed by atoms with Crippen molar-refractivity contribution >= 4 is 23.4 Å². The first-order valence-electron chi connectivity index (χ1n) is 13.3. The molecule has 0 radical (unpaired) electrons. The van der Waals surface area contributed by atoms with E-state index < -0.39 is 44.8 Å². The Morgan fingerprint density at radius 3 is 1.90 bits per heavy atom. The molecule has 10 heteroatoms. The lowest BCUT2D eigenvalue weighted by Gasteiger charge is -2.45. The van der Waals surface area contributed by atoms with Gasteiger partial charge in [0.15, 0.2) is 0 Å². The number of carboxylic acid groups (broad SMARTS) is 1. The lowest BCUT2D eigenvalue weighted by atomic mass is 9.70. The molecule has 40 heavy (non-hydrogen) atoms. The summed E-state index contributed by atoms with van der Waals surface area (Å²) in [6.45, 7) is 17.2. The maximum Gasteiger partial charge on any atom is 0.408 e. The summed E-state index contributed by atoms with van der Waals surface area (Å²) in [5.74, 6) is 0.0185.